The van der Waals surface area contributed by atoms with E-state index >= 15 is 0 Å². The van der Waals surface area contributed by atoms with Crippen molar-refractivity contribution in [1.29, 1.82) is 0 Å². The summed E-state index contributed by atoms with van der Waals surface area (Å²) in [5, 5.41) is 1.83. The van der Waals surface area contributed by atoms with Crippen LogP contribution in [0.1, 0.15) is 12.0 Å². The summed E-state index contributed by atoms with van der Waals surface area (Å²) >= 11 is 0. The molecule has 0 radical (unpaired) electrons. The first-order chi connectivity index (χ1) is 11.2. The highest BCUT2D eigenvalue weighted by molar-refractivity contribution is 6.21. The van der Waals surface area contributed by atoms with Gasteiger partial charge in [0, 0.05) is 6.42 Å². The van der Waals surface area contributed by atoms with Crippen LogP contribution in [0.25, 0.3) is 0 Å². The van der Waals surface area contributed by atoms with E-state index in [4.69, 9.17) is 0 Å². The van der Waals surface area contributed by atoms with Gasteiger partial charge in [-0.3, -0.25) is 9.59 Å². The number of para-hydroxylation sites is 1. The van der Waals surface area contributed by atoms with Crippen molar-refractivity contribution in [2.45, 2.75) is 18.9 Å². The minimum absolute atomic E-state index is 0.186. The number of hydrogen-bond donors (Lipinski definition) is 1. The lowest BCUT2D eigenvalue weighted by molar-refractivity contribution is -0.674. The van der Waals surface area contributed by atoms with Crippen LogP contribution >= 0.6 is 0 Å². The van der Waals surface area contributed by atoms with Gasteiger partial charge in [0.2, 0.25) is 5.91 Å². The molecule has 0 bridgehead atoms. The summed E-state index contributed by atoms with van der Waals surface area (Å²) in [6, 6.07) is 15.1. The molecular formula is C18H18FN2O2+. The summed E-state index contributed by atoms with van der Waals surface area (Å²) in [6.45, 7) is 0.563. The zero-order valence-corrected chi connectivity index (χ0v) is 12.6. The predicted octanol–water partition coefficient (Wildman–Crippen LogP) is 1.26. The standard InChI is InChI=1S/C18H17FN2O2/c19-15-9-5-4-6-13(15)10-11-20-16-12-17(22)21(18(16)23)14-7-2-1-3-8-14/h1-9,16,20H,10-12H2/p+1/t16-/m1/s1. The van der Waals surface area contributed by atoms with Crippen LogP contribution in [-0.2, 0) is 16.0 Å². The highest BCUT2D eigenvalue weighted by atomic mass is 19.1. The molecule has 1 aliphatic heterocycles. The molecule has 1 saturated heterocycles. The molecule has 1 aliphatic rings. The number of anilines is 1. The Kier molecular flexibility index (Phi) is 4.48. The van der Waals surface area contributed by atoms with E-state index in [9.17, 15) is 14.0 Å². The van der Waals surface area contributed by atoms with Crippen LogP contribution in [0.5, 0.6) is 0 Å². The van der Waals surface area contributed by atoms with Gasteiger partial charge >= 0.3 is 0 Å². The Balaban J connectivity index is 1.61. The number of amides is 2. The molecule has 0 unspecified atom stereocenters. The fourth-order valence-corrected chi connectivity index (χ4v) is 2.83. The van der Waals surface area contributed by atoms with Crippen molar-refractivity contribution >= 4 is 17.5 Å². The highest BCUT2D eigenvalue weighted by Crippen LogP contribution is 2.20. The molecule has 2 aromatic rings. The molecule has 5 heteroatoms. The number of hydrogen-bond acceptors (Lipinski definition) is 2. The summed E-state index contributed by atoms with van der Waals surface area (Å²) in [5.41, 5.74) is 1.23. The van der Waals surface area contributed by atoms with Crippen molar-refractivity contribution in [2.24, 2.45) is 0 Å². The second-order valence-corrected chi connectivity index (χ2v) is 5.58. The number of benzene rings is 2. The lowest BCUT2D eigenvalue weighted by atomic mass is 10.1. The van der Waals surface area contributed by atoms with E-state index in [0.29, 0.717) is 24.2 Å². The number of nitrogens with two attached hydrogens (primary N) is 1. The Hall–Kier alpha value is -2.53. The number of nitrogens with zero attached hydrogens (tertiary/aromatic N) is 1. The highest BCUT2D eigenvalue weighted by Gasteiger charge is 2.41. The molecule has 118 valence electrons. The zero-order valence-electron chi connectivity index (χ0n) is 12.6. The Morgan fingerprint density at radius 1 is 1.04 bits per heavy atom. The van der Waals surface area contributed by atoms with E-state index in [1.165, 1.54) is 11.0 Å². The van der Waals surface area contributed by atoms with Crippen LogP contribution < -0.4 is 10.2 Å². The van der Waals surface area contributed by atoms with Gasteiger partial charge in [-0.15, -0.1) is 0 Å². The third-order valence-electron chi connectivity index (χ3n) is 4.02. The van der Waals surface area contributed by atoms with E-state index in [2.05, 4.69) is 0 Å². The van der Waals surface area contributed by atoms with Gasteiger partial charge in [-0.25, -0.2) is 9.29 Å². The molecule has 1 heterocycles. The Bertz CT molecular complexity index is 718. The Labute approximate surface area is 133 Å². The zero-order chi connectivity index (χ0) is 16.2. The van der Waals surface area contributed by atoms with Crippen molar-refractivity contribution in [3.63, 3.8) is 0 Å². The minimum Gasteiger partial charge on any atom is -0.335 e. The van der Waals surface area contributed by atoms with Crippen molar-refractivity contribution in [3.05, 3.63) is 66.0 Å². The van der Waals surface area contributed by atoms with Crippen LogP contribution in [0.15, 0.2) is 54.6 Å². The first kappa shape index (κ1) is 15.4. The molecule has 0 aromatic heterocycles. The van der Waals surface area contributed by atoms with Gasteiger partial charge < -0.3 is 5.32 Å². The summed E-state index contributed by atoms with van der Waals surface area (Å²) in [5.74, 6) is -0.622. The smallest absolute Gasteiger partial charge is 0.292 e. The van der Waals surface area contributed by atoms with E-state index in [1.807, 2.05) is 11.4 Å². The van der Waals surface area contributed by atoms with Crippen LogP contribution in [0, 0.1) is 5.82 Å². The number of imide groups is 1. The van der Waals surface area contributed by atoms with Gasteiger partial charge in [0.1, 0.15) is 5.82 Å². The van der Waals surface area contributed by atoms with Crippen LogP contribution in [0.4, 0.5) is 10.1 Å². The quantitative estimate of drug-likeness (QED) is 0.845. The van der Waals surface area contributed by atoms with Crippen molar-refractivity contribution in [2.75, 3.05) is 11.4 Å². The fourth-order valence-electron chi connectivity index (χ4n) is 2.83. The largest absolute Gasteiger partial charge is 0.335 e. The van der Waals surface area contributed by atoms with Gasteiger partial charge in [-0.2, -0.15) is 0 Å². The summed E-state index contributed by atoms with van der Waals surface area (Å²) < 4.78 is 13.6. The van der Waals surface area contributed by atoms with Crippen molar-refractivity contribution in [3.8, 4) is 0 Å². The first-order valence-electron chi connectivity index (χ1n) is 7.65. The Morgan fingerprint density at radius 2 is 1.74 bits per heavy atom. The summed E-state index contributed by atoms with van der Waals surface area (Å²) in [6.07, 6.45) is 0.709. The molecule has 23 heavy (non-hydrogen) atoms. The maximum absolute atomic E-state index is 13.6. The van der Waals surface area contributed by atoms with Gasteiger partial charge in [0.25, 0.3) is 5.91 Å². The average molecular weight is 313 g/mol. The third kappa shape index (κ3) is 3.29. The minimum atomic E-state index is -0.422. The topological polar surface area (TPSA) is 54.0 Å². The van der Waals surface area contributed by atoms with Gasteiger partial charge in [-0.1, -0.05) is 36.4 Å². The summed E-state index contributed by atoms with van der Waals surface area (Å²) in [7, 11) is 0. The monoisotopic (exact) mass is 313 g/mol. The molecule has 1 atom stereocenters. The molecule has 0 aliphatic carbocycles. The predicted molar refractivity (Wildman–Crippen MR) is 84.2 cm³/mol. The van der Waals surface area contributed by atoms with Gasteiger partial charge in [-0.05, 0) is 23.8 Å². The van der Waals surface area contributed by atoms with E-state index in [0.717, 1.165) is 0 Å². The number of carbonyl (C=O) groups is 2. The maximum atomic E-state index is 13.6. The first-order valence-corrected chi connectivity index (χ1v) is 7.65. The normalized spacial score (nSPS) is 17.8. The maximum Gasteiger partial charge on any atom is 0.292 e. The number of halogens is 1. The molecule has 0 spiro atoms. The number of carbonyl (C=O) groups excluding carboxylic acids is 2. The lowest BCUT2D eigenvalue weighted by Gasteiger charge is -2.13. The summed E-state index contributed by atoms with van der Waals surface area (Å²) in [4.78, 5) is 25.8. The Morgan fingerprint density at radius 3 is 2.48 bits per heavy atom. The van der Waals surface area contributed by atoms with E-state index in [-0.39, 0.29) is 24.1 Å². The second kappa shape index (κ2) is 6.71. The van der Waals surface area contributed by atoms with Crippen LogP contribution in [0.3, 0.4) is 0 Å². The fraction of sp³-hybridized carbons (Fsp3) is 0.222. The molecular weight excluding hydrogens is 295 g/mol. The van der Waals surface area contributed by atoms with Crippen LogP contribution in [-0.4, -0.2) is 24.4 Å². The third-order valence-corrected chi connectivity index (χ3v) is 4.02. The number of rotatable bonds is 5. The molecule has 2 amide bonds. The average Bonchev–Trinajstić information content (AvgIpc) is 2.84. The van der Waals surface area contributed by atoms with Gasteiger partial charge in [0.15, 0.2) is 6.04 Å². The van der Waals surface area contributed by atoms with Crippen LogP contribution in [0.2, 0.25) is 0 Å². The van der Waals surface area contributed by atoms with Gasteiger partial charge in [0.05, 0.1) is 18.7 Å². The molecule has 2 aromatic carbocycles. The molecule has 0 saturated carbocycles. The van der Waals surface area contributed by atoms with Crippen molar-refractivity contribution in [1.82, 2.24) is 0 Å². The lowest BCUT2D eigenvalue weighted by Crippen LogP contribution is -2.92. The number of quaternary nitrogens is 1. The molecule has 1 fully saturated rings. The van der Waals surface area contributed by atoms with E-state index < -0.39 is 6.04 Å². The SMILES string of the molecule is O=C1C[C@@H]([NH2+]CCc2ccccc2F)C(=O)N1c1ccccc1. The van der Waals surface area contributed by atoms with Crippen molar-refractivity contribution < 1.29 is 19.3 Å². The molecule has 3 rings (SSSR count). The molecule has 4 nitrogen and oxygen atoms in total. The second-order valence-electron chi connectivity index (χ2n) is 5.58. The van der Waals surface area contributed by atoms with E-state index in [1.54, 1.807) is 42.5 Å². The molecule has 2 N–H and O–H groups in total.